The minimum Gasteiger partial charge on any atom is -0.492 e. The van der Waals surface area contributed by atoms with Crippen LogP contribution in [0.15, 0.2) is 35.3 Å². The number of halogens is 1. The molecule has 160 valence electrons. The molecule has 0 unspecified atom stereocenters. The summed E-state index contributed by atoms with van der Waals surface area (Å²) in [4.78, 5) is 9.53. The Bertz CT molecular complexity index is 757. The summed E-state index contributed by atoms with van der Waals surface area (Å²) in [5, 5.41) is 11.7. The normalized spacial score (nSPS) is 15.1. The number of benzene rings is 1. The zero-order valence-electron chi connectivity index (χ0n) is 17.5. The summed E-state index contributed by atoms with van der Waals surface area (Å²) < 4.78 is 7.80. The fourth-order valence-electron chi connectivity index (χ4n) is 3.15. The Morgan fingerprint density at radius 1 is 1.14 bits per heavy atom. The number of aliphatic imine (C=N–C) groups is 1. The lowest BCUT2D eigenvalue weighted by Gasteiger charge is -2.36. The van der Waals surface area contributed by atoms with Gasteiger partial charge in [0.05, 0.1) is 0 Å². The molecule has 1 fully saturated rings. The van der Waals surface area contributed by atoms with E-state index in [1.807, 2.05) is 48.9 Å². The summed E-state index contributed by atoms with van der Waals surface area (Å²) in [5.74, 6) is 3.66. The van der Waals surface area contributed by atoms with Gasteiger partial charge in [-0.25, -0.2) is 4.99 Å². The van der Waals surface area contributed by atoms with Crippen molar-refractivity contribution in [3.05, 3.63) is 42.0 Å². The average Bonchev–Trinajstić information content (AvgIpc) is 3.05. The number of nitrogens with zero attached hydrogens (tertiary/aromatic N) is 6. The maximum absolute atomic E-state index is 5.82. The molecule has 1 aromatic heterocycles. The van der Waals surface area contributed by atoms with Crippen LogP contribution >= 0.6 is 24.0 Å². The quantitative estimate of drug-likeness (QED) is 0.347. The fourth-order valence-corrected chi connectivity index (χ4v) is 3.15. The van der Waals surface area contributed by atoms with Crippen LogP contribution in [0.25, 0.3) is 0 Å². The van der Waals surface area contributed by atoms with E-state index in [0.29, 0.717) is 13.2 Å². The van der Waals surface area contributed by atoms with Gasteiger partial charge in [-0.2, -0.15) is 0 Å². The lowest BCUT2D eigenvalue weighted by atomic mass is 10.3. The molecule has 2 aromatic rings. The van der Waals surface area contributed by atoms with E-state index in [4.69, 9.17) is 9.73 Å². The third-order valence-electron chi connectivity index (χ3n) is 4.98. The van der Waals surface area contributed by atoms with E-state index in [2.05, 4.69) is 32.2 Å². The molecule has 1 aliphatic rings. The molecule has 0 bridgehead atoms. The van der Waals surface area contributed by atoms with Gasteiger partial charge in [-0.3, -0.25) is 4.90 Å². The Hall–Kier alpha value is -1.88. The van der Waals surface area contributed by atoms with Gasteiger partial charge < -0.3 is 19.5 Å². The van der Waals surface area contributed by atoms with Crippen molar-refractivity contribution in [1.29, 1.82) is 0 Å². The molecule has 2 heterocycles. The number of para-hydroxylation sites is 1. The van der Waals surface area contributed by atoms with E-state index < -0.39 is 0 Å². The van der Waals surface area contributed by atoms with Gasteiger partial charge in [0.25, 0.3) is 0 Å². The maximum Gasteiger partial charge on any atom is 0.194 e. The van der Waals surface area contributed by atoms with E-state index >= 15 is 0 Å². The highest BCUT2D eigenvalue weighted by Crippen LogP contribution is 2.09. The molecule has 1 saturated heterocycles. The lowest BCUT2D eigenvalue weighted by molar-refractivity contribution is 0.152. The number of guanidine groups is 1. The molecule has 0 amide bonds. The molecule has 1 aliphatic heterocycles. The van der Waals surface area contributed by atoms with Crippen molar-refractivity contribution in [3.8, 4) is 5.75 Å². The van der Waals surface area contributed by atoms with Crippen LogP contribution in [0.1, 0.15) is 18.6 Å². The summed E-state index contributed by atoms with van der Waals surface area (Å²) >= 11 is 0. The first kappa shape index (κ1) is 23.4. The second-order valence-corrected chi connectivity index (χ2v) is 6.88. The number of aromatic nitrogens is 3. The molecular weight excluding hydrogens is 481 g/mol. The van der Waals surface area contributed by atoms with Crippen molar-refractivity contribution in [1.82, 2.24) is 29.9 Å². The summed E-state index contributed by atoms with van der Waals surface area (Å²) in [6.45, 7) is 11.0. The van der Waals surface area contributed by atoms with Gasteiger partial charge in [0.15, 0.2) is 11.8 Å². The summed E-state index contributed by atoms with van der Waals surface area (Å²) in [7, 11) is 1.98. The second-order valence-electron chi connectivity index (χ2n) is 6.88. The molecule has 3 rings (SSSR count). The number of ether oxygens (including phenoxy) is 1. The standard InChI is InChI=1S/C20H31N7O.HI/c1-4-21-20(22-16-19-24-23-17(2)25(19)3)27-12-10-26(11-13-27)14-15-28-18-8-6-5-7-9-18;/h5-9H,4,10-16H2,1-3H3,(H,21,22);1H. The first-order valence-electron chi connectivity index (χ1n) is 9.95. The van der Waals surface area contributed by atoms with Crippen molar-refractivity contribution in [2.45, 2.75) is 20.4 Å². The first-order chi connectivity index (χ1) is 13.7. The van der Waals surface area contributed by atoms with Crippen LogP contribution < -0.4 is 10.1 Å². The van der Waals surface area contributed by atoms with Gasteiger partial charge >= 0.3 is 0 Å². The van der Waals surface area contributed by atoms with Crippen LogP contribution in [0.5, 0.6) is 5.75 Å². The van der Waals surface area contributed by atoms with Gasteiger partial charge in [0, 0.05) is 46.3 Å². The van der Waals surface area contributed by atoms with E-state index in [1.54, 1.807) is 0 Å². The minimum absolute atomic E-state index is 0. The van der Waals surface area contributed by atoms with E-state index in [-0.39, 0.29) is 24.0 Å². The largest absolute Gasteiger partial charge is 0.492 e. The molecule has 9 heteroatoms. The predicted molar refractivity (Wildman–Crippen MR) is 126 cm³/mol. The van der Waals surface area contributed by atoms with Crippen molar-refractivity contribution < 1.29 is 4.74 Å². The van der Waals surface area contributed by atoms with Crippen LogP contribution in [0.2, 0.25) is 0 Å². The van der Waals surface area contributed by atoms with Crippen LogP contribution in [0.4, 0.5) is 0 Å². The zero-order valence-corrected chi connectivity index (χ0v) is 19.9. The summed E-state index contributed by atoms with van der Waals surface area (Å²) in [6.07, 6.45) is 0. The Morgan fingerprint density at radius 3 is 2.48 bits per heavy atom. The molecule has 0 spiro atoms. The number of aryl methyl sites for hydroxylation is 1. The van der Waals surface area contributed by atoms with Gasteiger partial charge in [0.1, 0.15) is 24.7 Å². The van der Waals surface area contributed by atoms with Crippen LogP contribution in [-0.2, 0) is 13.6 Å². The smallest absolute Gasteiger partial charge is 0.194 e. The van der Waals surface area contributed by atoms with Gasteiger partial charge in [0.2, 0.25) is 0 Å². The Morgan fingerprint density at radius 2 is 1.86 bits per heavy atom. The van der Waals surface area contributed by atoms with Crippen LogP contribution in [0, 0.1) is 6.92 Å². The molecule has 29 heavy (non-hydrogen) atoms. The third-order valence-corrected chi connectivity index (χ3v) is 4.98. The highest BCUT2D eigenvalue weighted by Gasteiger charge is 2.19. The Balaban J connectivity index is 0.00000300. The molecule has 0 saturated carbocycles. The lowest BCUT2D eigenvalue weighted by Crippen LogP contribution is -2.53. The van der Waals surface area contributed by atoms with Crippen LogP contribution in [-0.4, -0.2) is 76.4 Å². The minimum atomic E-state index is 0. The number of hydrogen-bond acceptors (Lipinski definition) is 5. The highest BCUT2D eigenvalue weighted by molar-refractivity contribution is 14.0. The van der Waals surface area contributed by atoms with Crippen molar-refractivity contribution in [2.24, 2.45) is 12.0 Å². The van der Waals surface area contributed by atoms with Gasteiger partial charge in [-0.05, 0) is 26.0 Å². The number of piperazine rings is 1. The number of hydrogen-bond donors (Lipinski definition) is 1. The molecule has 0 radical (unpaired) electrons. The summed E-state index contributed by atoms with van der Waals surface area (Å²) in [6, 6.07) is 9.99. The molecule has 1 N–H and O–H groups in total. The van der Waals surface area contributed by atoms with Gasteiger partial charge in [-0.15, -0.1) is 34.2 Å². The van der Waals surface area contributed by atoms with Crippen molar-refractivity contribution in [2.75, 3.05) is 45.9 Å². The van der Waals surface area contributed by atoms with Gasteiger partial charge in [-0.1, -0.05) is 18.2 Å². The maximum atomic E-state index is 5.82. The SMILES string of the molecule is CCNC(=NCc1nnc(C)n1C)N1CCN(CCOc2ccccc2)CC1.I. The highest BCUT2D eigenvalue weighted by atomic mass is 127. The third kappa shape index (κ3) is 6.84. The Labute approximate surface area is 190 Å². The van der Waals surface area contributed by atoms with Crippen molar-refractivity contribution >= 4 is 29.9 Å². The predicted octanol–water partition coefficient (Wildman–Crippen LogP) is 1.90. The number of nitrogens with one attached hydrogen (secondary N) is 1. The molecule has 0 aliphatic carbocycles. The monoisotopic (exact) mass is 513 g/mol. The molecule has 8 nitrogen and oxygen atoms in total. The van der Waals surface area contributed by atoms with Crippen molar-refractivity contribution in [3.63, 3.8) is 0 Å². The topological polar surface area (TPSA) is 70.8 Å². The van der Waals surface area contributed by atoms with Crippen LogP contribution in [0.3, 0.4) is 0 Å². The number of rotatable bonds is 7. The second kappa shape index (κ2) is 12.0. The average molecular weight is 513 g/mol. The molecular formula is C20H32IN7O. The zero-order chi connectivity index (χ0) is 19.8. The molecule has 1 aromatic carbocycles. The Kier molecular flexibility index (Phi) is 9.65. The fraction of sp³-hybridized carbons (Fsp3) is 0.550. The van der Waals surface area contributed by atoms with E-state index in [1.165, 1.54) is 0 Å². The first-order valence-corrected chi connectivity index (χ1v) is 9.95. The summed E-state index contributed by atoms with van der Waals surface area (Å²) in [5.41, 5.74) is 0. The van der Waals surface area contributed by atoms with E-state index in [0.717, 1.165) is 62.6 Å². The van der Waals surface area contributed by atoms with E-state index in [9.17, 15) is 0 Å². The molecule has 0 atom stereocenters.